The monoisotopic (exact) mass is 392 g/mol. The predicted molar refractivity (Wildman–Crippen MR) is 101 cm³/mol. The van der Waals surface area contributed by atoms with Crippen LogP contribution in [0.25, 0.3) is 0 Å². The second kappa shape index (κ2) is 8.98. The number of pyridine rings is 1. The molecule has 2 rings (SSSR count). The van der Waals surface area contributed by atoms with Crippen LogP contribution in [0.1, 0.15) is 20.3 Å². The molecule has 0 aliphatic rings. The zero-order valence-electron chi connectivity index (χ0n) is 15.6. The fourth-order valence-electron chi connectivity index (χ4n) is 2.58. The van der Waals surface area contributed by atoms with Crippen molar-refractivity contribution in [3.63, 3.8) is 0 Å². The molecule has 1 aromatic heterocycles. The molecule has 9 nitrogen and oxygen atoms in total. The van der Waals surface area contributed by atoms with E-state index in [2.05, 4.69) is 10.6 Å². The number of methoxy groups -OCH3 is 1. The van der Waals surface area contributed by atoms with Gasteiger partial charge in [-0.2, -0.15) is 0 Å². The van der Waals surface area contributed by atoms with Crippen LogP contribution in [0.4, 0.5) is 27.4 Å². The van der Waals surface area contributed by atoms with Crippen LogP contribution >= 0.6 is 0 Å². The van der Waals surface area contributed by atoms with Crippen molar-refractivity contribution >= 4 is 29.0 Å². The molecule has 0 saturated carbocycles. The lowest BCUT2D eigenvalue weighted by Crippen LogP contribution is -2.40. The summed E-state index contributed by atoms with van der Waals surface area (Å²) in [6, 6.07) is 6.49. The van der Waals surface area contributed by atoms with Crippen molar-refractivity contribution in [2.45, 2.75) is 26.3 Å². The van der Waals surface area contributed by atoms with Gasteiger partial charge in [0.2, 0.25) is 11.6 Å². The van der Waals surface area contributed by atoms with Crippen LogP contribution in [0.15, 0.2) is 36.4 Å². The number of halogens is 1. The molecule has 0 unspecified atom stereocenters. The third-order valence-electron chi connectivity index (χ3n) is 3.83. The number of nitro groups is 1. The van der Waals surface area contributed by atoms with Crippen molar-refractivity contribution in [1.29, 1.82) is 0 Å². The molecule has 1 aromatic carbocycles. The standard InChI is InChI=1S/C18H21FN4O5/c1-11(2)7-15(18(24)28-3)21-17-10-14(23(26)27)9-16(22(17)25)20-13-6-4-5-12(19)8-13/h4-6,8-11,15,20-21H,7H2,1-3H3/t15-/m0/s1. The van der Waals surface area contributed by atoms with E-state index in [-0.39, 0.29) is 28.9 Å². The number of carbonyl (C=O) groups is 1. The fourth-order valence-corrected chi connectivity index (χ4v) is 2.58. The van der Waals surface area contributed by atoms with E-state index in [0.717, 1.165) is 18.2 Å². The number of hydrogen-bond acceptors (Lipinski definition) is 7. The molecule has 1 heterocycles. The molecule has 0 bridgehead atoms. The van der Waals surface area contributed by atoms with Crippen molar-refractivity contribution in [2.75, 3.05) is 17.7 Å². The Morgan fingerprint density at radius 3 is 2.54 bits per heavy atom. The summed E-state index contributed by atoms with van der Waals surface area (Å²) < 4.78 is 18.5. The van der Waals surface area contributed by atoms with Crippen molar-refractivity contribution in [1.82, 2.24) is 0 Å². The Kier molecular flexibility index (Phi) is 6.69. The lowest BCUT2D eigenvalue weighted by Gasteiger charge is -2.20. The van der Waals surface area contributed by atoms with Gasteiger partial charge in [0.25, 0.3) is 5.69 Å². The summed E-state index contributed by atoms with van der Waals surface area (Å²) in [5.41, 5.74) is -0.135. The maximum Gasteiger partial charge on any atom is 0.343 e. The van der Waals surface area contributed by atoms with E-state index in [4.69, 9.17) is 4.74 Å². The number of esters is 1. The van der Waals surface area contributed by atoms with E-state index >= 15 is 0 Å². The normalized spacial score (nSPS) is 11.8. The number of rotatable bonds is 8. The first-order valence-corrected chi connectivity index (χ1v) is 8.50. The molecular formula is C18H21FN4O5. The summed E-state index contributed by atoms with van der Waals surface area (Å²) >= 11 is 0. The number of carbonyl (C=O) groups excluding carboxylic acids is 1. The molecule has 0 amide bonds. The van der Waals surface area contributed by atoms with Crippen LogP contribution in [0, 0.1) is 27.1 Å². The van der Waals surface area contributed by atoms with Gasteiger partial charge < -0.3 is 9.94 Å². The largest absolute Gasteiger partial charge is 0.740 e. The Balaban J connectivity index is 2.43. The molecule has 0 spiro atoms. The molecule has 0 aliphatic carbocycles. The second-order valence-corrected chi connectivity index (χ2v) is 6.52. The highest BCUT2D eigenvalue weighted by Crippen LogP contribution is 2.23. The van der Waals surface area contributed by atoms with E-state index in [9.17, 15) is 24.5 Å². The van der Waals surface area contributed by atoms with Crippen molar-refractivity contribution < 1.29 is 23.6 Å². The van der Waals surface area contributed by atoms with Crippen LogP contribution in [0.3, 0.4) is 0 Å². The third kappa shape index (κ3) is 5.29. The number of hydrogen-bond donors (Lipinski definition) is 2. The first kappa shape index (κ1) is 20.9. The minimum Gasteiger partial charge on any atom is -0.740 e. The SMILES string of the molecule is COC(=O)[C@H](CC(C)C)Nc1cc([N+](=O)[O-])cc(Nc2cccc(F)c2)[n+]1[O-]. The van der Waals surface area contributed by atoms with Gasteiger partial charge in [0.15, 0.2) is 6.04 Å². The minimum atomic E-state index is -0.866. The van der Waals surface area contributed by atoms with Gasteiger partial charge in [-0.3, -0.25) is 20.7 Å². The van der Waals surface area contributed by atoms with E-state index in [1.54, 1.807) is 0 Å². The van der Waals surface area contributed by atoms with Gasteiger partial charge in [-0.05, 0) is 24.5 Å². The summed E-state index contributed by atoms with van der Waals surface area (Å²) in [5.74, 6) is -1.44. The quantitative estimate of drug-likeness (QED) is 0.233. The van der Waals surface area contributed by atoms with E-state index < -0.39 is 22.8 Å². The maximum atomic E-state index is 13.4. The summed E-state index contributed by atoms with van der Waals surface area (Å²) in [6.07, 6.45) is 0.349. The average molecular weight is 392 g/mol. The number of aromatic nitrogens is 1. The molecule has 0 fully saturated rings. The van der Waals surface area contributed by atoms with E-state index in [0.29, 0.717) is 11.2 Å². The number of anilines is 3. The van der Waals surface area contributed by atoms with Gasteiger partial charge in [-0.15, -0.1) is 0 Å². The van der Waals surface area contributed by atoms with Crippen LogP contribution in [-0.4, -0.2) is 24.0 Å². The third-order valence-corrected chi connectivity index (χ3v) is 3.83. The molecular weight excluding hydrogens is 371 g/mol. The van der Waals surface area contributed by atoms with Gasteiger partial charge >= 0.3 is 5.97 Å². The lowest BCUT2D eigenvalue weighted by molar-refractivity contribution is -0.575. The Hall–Kier alpha value is -3.43. The topological polar surface area (TPSA) is 120 Å². The van der Waals surface area contributed by atoms with Crippen molar-refractivity contribution in [3.8, 4) is 0 Å². The van der Waals surface area contributed by atoms with Gasteiger partial charge in [-0.1, -0.05) is 19.9 Å². The molecule has 1 atom stereocenters. The Morgan fingerprint density at radius 2 is 1.96 bits per heavy atom. The van der Waals surface area contributed by atoms with Crippen LogP contribution in [0.5, 0.6) is 0 Å². The van der Waals surface area contributed by atoms with Gasteiger partial charge in [0.05, 0.1) is 29.9 Å². The predicted octanol–water partition coefficient (Wildman–Crippen LogP) is 3.11. The van der Waals surface area contributed by atoms with E-state index in [1.165, 1.54) is 25.3 Å². The summed E-state index contributed by atoms with van der Waals surface area (Å²) in [6.45, 7) is 3.76. The smallest absolute Gasteiger partial charge is 0.343 e. The molecule has 0 aliphatic heterocycles. The molecule has 150 valence electrons. The van der Waals surface area contributed by atoms with Crippen LogP contribution < -0.4 is 15.4 Å². The zero-order valence-corrected chi connectivity index (χ0v) is 15.6. The van der Waals surface area contributed by atoms with E-state index in [1.807, 2.05) is 13.8 Å². The highest BCUT2D eigenvalue weighted by molar-refractivity contribution is 5.78. The molecule has 0 radical (unpaired) electrons. The maximum absolute atomic E-state index is 13.4. The number of nitrogens with one attached hydrogen (secondary N) is 2. The zero-order chi connectivity index (χ0) is 20.8. The van der Waals surface area contributed by atoms with Gasteiger partial charge in [0, 0.05) is 6.07 Å². The molecule has 28 heavy (non-hydrogen) atoms. The van der Waals surface area contributed by atoms with Gasteiger partial charge in [-0.25, -0.2) is 13.9 Å². The highest BCUT2D eigenvalue weighted by atomic mass is 19.1. The molecule has 10 heteroatoms. The Morgan fingerprint density at radius 1 is 1.29 bits per heavy atom. The minimum absolute atomic E-state index is 0.0975. The first-order valence-electron chi connectivity index (χ1n) is 8.50. The first-order chi connectivity index (χ1) is 13.2. The molecule has 2 N–H and O–H groups in total. The second-order valence-electron chi connectivity index (χ2n) is 6.52. The lowest BCUT2D eigenvalue weighted by atomic mass is 10.0. The average Bonchev–Trinajstić information content (AvgIpc) is 2.63. The van der Waals surface area contributed by atoms with Crippen molar-refractivity contribution in [2.24, 2.45) is 5.92 Å². The summed E-state index contributed by atoms with van der Waals surface area (Å²) in [7, 11) is 1.22. The Bertz CT molecular complexity index is 875. The summed E-state index contributed by atoms with van der Waals surface area (Å²) in [5, 5.41) is 29.3. The number of benzene rings is 1. The van der Waals surface area contributed by atoms with Gasteiger partial charge in [0.1, 0.15) is 5.82 Å². The summed E-state index contributed by atoms with van der Waals surface area (Å²) in [4.78, 5) is 22.6. The van der Waals surface area contributed by atoms with Crippen LogP contribution in [-0.2, 0) is 9.53 Å². The van der Waals surface area contributed by atoms with Crippen LogP contribution in [0.2, 0.25) is 0 Å². The molecule has 2 aromatic rings. The number of nitrogens with zero attached hydrogens (tertiary/aromatic N) is 2. The Labute approximate surface area is 160 Å². The van der Waals surface area contributed by atoms with Crippen molar-refractivity contribution in [3.05, 3.63) is 57.5 Å². The number of ether oxygens (including phenoxy) is 1. The fraction of sp³-hybridized carbons (Fsp3) is 0.333. The molecule has 0 saturated heterocycles. The highest BCUT2D eigenvalue weighted by Gasteiger charge is 2.26.